The zero-order chi connectivity index (χ0) is 19.0. The molecule has 2 aliphatic rings. The summed E-state index contributed by atoms with van der Waals surface area (Å²) in [5.41, 5.74) is 4.72. The van der Waals surface area contributed by atoms with Gasteiger partial charge in [0.2, 0.25) is 0 Å². The zero-order valence-electron chi connectivity index (χ0n) is 15.0. The fourth-order valence-corrected chi connectivity index (χ4v) is 4.14. The lowest BCUT2D eigenvalue weighted by Gasteiger charge is -2.35. The van der Waals surface area contributed by atoms with Crippen LogP contribution in [0.15, 0.2) is 77.1 Å². The molecule has 0 saturated heterocycles. The Kier molecular flexibility index (Phi) is 4.37. The van der Waals surface area contributed by atoms with Gasteiger partial charge in [0, 0.05) is 23.4 Å². The summed E-state index contributed by atoms with van der Waals surface area (Å²) < 4.78 is 13.4. The molecule has 0 saturated carbocycles. The fourth-order valence-electron chi connectivity index (χ4n) is 4.14. The van der Waals surface area contributed by atoms with Gasteiger partial charge in [-0.05, 0) is 42.5 Å². The Bertz CT molecular complexity index is 997. The van der Waals surface area contributed by atoms with Crippen LogP contribution in [0, 0.1) is 17.1 Å². The molecule has 1 aliphatic heterocycles. The fraction of sp³-hybridized carbons (Fsp3) is 0.217. The molecule has 4 rings (SSSR count). The normalized spacial score (nSPS) is 22.2. The minimum absolute atomic E-state index is 0.0483. The summed E-state index contributed by atoms with van der Waals surface area (Å²) in [5.74, 6) is -0.598. The molecule has 4 heteroatoms. The number of nitriles is 1. The maximum atomic E-state index is 13.4. The lowest BCUT2D eigenvalue weighted by molar-refractivity contribution is -0.116. The minimum atomic E-state index is -0.434. The predicted molar refractivity (Wildman–Crippen MR) is 101 cm³/mol. The number of allylic oxidation sites excluding steroid dienone is 4. The molecular weight excluding hydrogens is 339 g/mol. The van der Waals surface area contributed by atoms with Crippen LogP contribution in [0.2, 0.25) is 0 Å². The Morgan fingerprint density at radius 2 is 1.74 bits per heavy atom. The second-order valence-electron chi connectivity index (χ2n) is 7.09. The van der Waals surface area contributed by atoms with Gasteiger partial charge in [-0.15, -0.1) is 0 Å². The second-order valence-corrected chi connectivity index (χ2v) is 7.09. The first-order valence-corrected chi connectivity index (χ1v) is 9.03. The van der Waals surface area contributed by atoms with Crippen LogP contribution < -0.4 is 5.32 Å². The molecule has 0 fully saturated rings. The average molecular weight is 358 g/mol. The zero-order valence-corrected chi connectivity index (χ0v) is 15.0. The molecule has 0 amide bonds. The topological polar surface area (TPSA) is 52.9 Å². The number of rotatable bonds is 2. The first-order valence-electron chi connectivity index (χ1n) is 9.03. The Morgan fingerprint density at radius 3 is 2.41 bits per heavy atom. The molecule has 2 aromatic carbocycles. The molecular formula is C23H19FN2O. The molecule has 2 unspecified atom stereocenters. The SMILES string of the molecule is CC1=C(C#N)C(c2ccc(F)cc2)C2=C(CC(c3ccccc3)CC2=O)N1. The van der Waals surface area contributed by atoms with Crippen LogP contribution in [0.25, 0.3) is 0 Å². The first kappa shape index (κ1) is 17.2. The number of nitrogens with one attached hydrogen (secondary N) is 1. The van der Waals surface area contributed by atoms with Crippen molar-refractivity contribution in [3.8, 4) is 6.07 Å². The van der Waals surface area contributed by atoms with Crippen LogP contribution in [0.5, 0.6) is 0 Å². The van der Waals surface area contributed by atoms with Crippen LogP contribution in [0.3, 0.4) is 0 Å². The van der Waals surface area contributed by atoms with Crippen LogP contribution in [0.1, 0.15) is 42.7 Å². The number of dihydropyridines is 1. The number of Topliss-reactive ketones (excluding diaryl/α,β-unsaturated/α-hetero) is 1. The minimum Gasteiger partial charge on any atom is -0.361 e. The number of hydrogen-bond donors (Lipinski definition) is 1. The molecule has 1 aliphatic carbocycles. The Balaban J connectivity index is 1.79. The molecule has 27 heavy (non-hydrogen) atoms. The van der Waals surface area contributed by atoms with Gasteiger partial charge in [0.1, 0.15) is 5.82 Å². The van der Waals surface area contributed by atoms with E-state index in [9.17, 15) is 14.4 Å². The van der Waals surface area contributed by atoms with Crippen molar-refractivity contribution in [3.05, 3.63) is 94.1 Å². The lowest BCUT2D eigenvalue weighted by atomic mass is 9.72. The van der Waals surface area contributed by atoms with Crippen molar-refractivity contribution in [1.82, 2.24) is 5.32 Å². The van der Waals surface area contributed by atoms with Crippen molar-refractivity contribution in [2.75, 3.05) is 0 Å². The highest BCUT2D eigenvalue weighted by Crippen LogP contribution is 2.45. The van der Waals surface area contributed by atoms with E-state index >= 15 is 0 Å². The van der Waals surface area contributed by atoms with E-state index in [-0.39, 0.29) is 17.5 Å². The number of nitrogens with zero attached hydrogens (tertiary/aromatic N) is 1. The molecule has 1 heterocycles. The van der Waals surface area contributed by atoms with Crippen molar-refractivity contribution in [3.63, 3.8) is 0 Å². The molecule has 3 nitrogen and oxygen atoms in total. The van der Waals surface area contributed by atoms with Crippen molar-refractivity contribution >= 4 is 5.78 Å². The number of hydrogen-bond acceptors (Lipinski definition) is 3. The van der Waals surface area contributed by atoms with Gasteiger partial charge >= 0.3 is 0 Å². The van der Waals surface area contributed by atoms with Gasteiger partial charge in [0.05, 0.1) is 17.6 Å². The van der Waals surface area contributed by atoms with E-state index in [0.717, 1.165) is 28.9 Å². The molecule has 0 aromatic heterocycles. The van der Waals surface area contributed by atoms with E-state index in [0.29, 0.717) is 17.6 Å². The third-order valence-electron chi connectivity index (χ3n) is 5.42. The van der Waals surface area contributed by atoms with E-state index in [1.165, 1.54) is 12.1 Å². The van der Waals surface area contributed by atoms with Gasteiger partial charge in [-0.1, -0.05) is 42.5 Å². The lowest BCUT2D eigenvalue weighted by Crippen LogP contribution is -2.33. The highest BCUT2D eigenvalue weighted by atomic mass is 19.1. The summed E-state index contributed by atoms with van der Waals surface area (Å²) in [5, 5.41) is 13.0. The monoisotopic (exact) mass is 358 g/mol. The van der Waals surface area contributed by atoms with E-state index in [1.807, 2.05) is 37.3 Å². The van der Waals surface area contributed by atoms with Gasteiger partial charge < -0.3 is 5.32 Å². The standard InChI is InChI=1S/C23H19FN2O/c1-14-19(13-25)22(16-7-9-18(24)10-8-16)23-20(26-14)11-17(12-21(23)27)15-5-3-2-4-6-15/h2-10,17,22,26H,11-12H2,1H3. The summed E-state index contributed by atoms with van der Waals surface area (Å²) in [4.78, 5) is 13.1. The molecule has 0 spiro atoms. The van der Waals surface area contributed by atoms with Crippen LogP contribution in [0.4, 0.5) is 4.39 Å². The number of carbonyl (C=O) groups is 1. The number of benzene rings is 2. The van der Waals surface area contributed by atoms with Crippen LogP contribution >= 0.6 is 0 Å². The van der Waals surface area contributed by atoms with Gasteiger partial charge in [-0.25, -0.2) is 4.39 Å². The number of halogens is 1. The maximum absolute atomic E-state index is 13.4. The van der Waals surface area contributed by atoms with Gasteiger partial charge in [0.15, 0.2) is 5.78 Å². The Hall–Kier alpha value is -3.19. The highest BCUT2D eigenvalue weighted by Gasteiger charge is 2.38. The van der Waals surface area contributed by atoms with Crippen molar-refractivity contribution < 1.29 is 9.18 Å². The summed E-state index contributed by atoms with van der Waals surface area (Å²) in [6.07, 6.45) is 1.14. The number of ketones is 1. The first-order chi connectivity index (χ1) is 13.1. The van der Waals surface area contributed by atoms with Crippen molar-refractivity contribution in [2.45, 2.75) is 31.6 Å². The summed E-state index contributed by atoms with van der Waals surface area (Å²) in [7, 11) is 0. The van der Waals surface area contributed by atoms with Crippen molar-refractivity contribution in [1.29, 1.82) is 5.26 Å². The largest absolute Gasteiger partial charge is 0.361 e. The summed E-state index contributed by atoms with van der Waals surface area (Å²) >= 11 is 0. The van der Waals surface area contributed by atoms with Gasteiger partial charge in [0.25, 0.3) is 0 Å². The smallest absolute Gasteiger partial charge is 0.162 e. The van der Waals surface area contributed by atoms with Gasteiger partial charge in [-0.3, -0.25) is 4.79 Å². The average Bonchev–Trinajstić information content (AvgIpc) is 2.68. The Labute approximate surface area is 157 Å². The van der Waals surface area contributed by atoms with E-state index in [4.69, 9.17) is 0 Å². The third-order valence-corrected chi connectivity index (χ3v) is 5.42. The molecule has 1 N–H and O–H groups in total. The maximum Gasteiger partial charge on any atom is 0.162 e. The Morgan fingerprint density at radius 1 is 1.04 bits per heavy atom. The summed E-state index contributed by atoms with van der Waals surface area (Å²) in [6, 6.07) is 18.4. The molecule has 0 bridgehead atoms. The summed E-state index contributed by atoms with van der Waals surface area (Å²) in [6.45, 7) is 1.86. The molecule has 2 atom stereocenters. The third kappa shape index (κ3) is 3.06. The molecule has 0 radical (unpaired) electrons. The van der Waals surface area contributed by atoms with Crippen LogP contribution in [-0.4, -0.2) is 5.78 Å². The van der Waals surface area contributed by atoms with Gasteiger partial charge in [-0.2, -0.15) is 5.26 Å². The second kappa shape index (κ2) is 6.85. The predicted octanol–water partition coefficient (Wildman–Crippen LogP) is 4.71. The number of carbonyl (C=O) groups excluding carboxylic acids is 1. The highest BCUT2D eigenvalue weighted by molar-refractivity contribution is 6.00. The van der Waals surface area contributed by atoms with Crippen LogP contribution in [-0.2, 0) is 4.79 Å². The molecule has 134 valence electrons. The van der Waals surface area contributed by atoms with E-state index < -0.39 is 5.92 Å². The quantitative estimate of drug-likeness (QED) is 0.846. The van der Waals surface area contributed by atoms with E-state index in [1.54, 1.807) is 12.1 Å². The van der Waals surface area contributed by atoms with Crippen molar-refractivity contribution in [2.24, 2.45) is 0 Å². The van der Waals surface area contributed by atoms with E-state index in [2.05, 4.69) is 11.4 Å². The molecule has 2 aromatic rings.